The van der Waals surface area contributed by atoms with E-state index in [4.69, 9.17) is 0 Å². The Morgan fingerprint density at radius 1 is 1.00 bits per heavy atom. The molecular formula is C19H33N3. The van der Waals surface area contributed by atoms with Crippen LogP contribution in [0.3, 0.4) is 0 Å². The van der Waals surface area contributed by atoms with Gasteiger partial charge in [0.25, 0.3) is 0 Å². The van der Waals surface area contributed by atoms with Crippen LogP contribution in [0.2, 0.25) is 0 Å². The Hall–Kier alpha value is -0.560. The third-order valence-electron chi connectivity index (χ3n) is 5.76. The quantitative estimate of drug-likeness (QED) is 0.740. The van der Waals surface area contributed by atoms with Crippen molar-refractivity contribution < 1.29 is 0 Å². The largest absolute Gasteiger partial charge is 0.300 e. The third kappa shape index (κ3) is 3.50. The summed E-state index contributed by atoms with van der Waals surface area (Å²) in [5.41, 5.74) is 0.703. The van der Waals surface area contributed by atoms with Crippen molar-refractivity contribution in [2.45, 2.75) is 52.6 Å². The Kier molecular flexibility index (Phi) is 4.83. The van der Waals surface area contributed by atoms with Crippen LogP contribution in [0.25, 0.3) is 0 Å². The van der Waals surface area contributed by atoms with Crippen LogP contribution in [-0.2, 0) is 0 Å². The third-order valence-corrected chi connectivity index (χ3v) is 5.76. The highest BCUT2D eigenvalue weighted by molar-refractivity contribution is 5.09. The second kappa shape index (κ2) is 6.51. The molecule has 0 atom stereocenters. The van der Waals surface area contributed by atoms with Crippen molar-refractivity contribution in [1.82, 2.24) is 14.7 Å². The van der Waals surface area contributed by atoms with Crippen LogP contribution >= 0.6 is 0 Å². The van der Waals surface area contributed by atoms with E-state index in [1.165, 1.54) is 52.1 Å². The molecule has 0 unspecified atom stereocenters. The van der Waals surface area contributed by atoms with Crippen molar-refractivity contribution in [1.29, 1.82) is 0 Å². The van der Waals surface area contributed by atoms with Gasteiger partial charge in [-0.25, -0.2) is 0 Å². The average Bonchev–Trinajstić information content (AvgIpc) is 2.36. The Balaban J connectivity index is 1.35. The lowest BCUT2D eigenvalue weighted by Crippen LogP contribution is -2.68. The fraction of sp³-hybridized carbons (Fsp3) is 0.895. The summed E-state index contributed by atoms with van der Waals surface area (Å²) in [7, 11) is 0. The molecule has 3 aliphatic rings. The van der Waals surface area contributed by atoms with E-state index in [0.717, 1.165) is 18.6 Å². The van der Waals surface area contributed by atoms with Crippen LogP contribution in [0.4, 0.5) is 0 Å². The fourth-order valence-electron chi connectivity index (χ4n) is 4.28. The minimum absolute atomic E-state index is 0.500. The zero-order valence-corrected chi connectivity index (χ0v) is 14.9. The van der Waals surface area contributed by atoms with Crippen LogP contribution < -0.4 is 0 Å². The van der Waals surface area contributed by atoms with E-state index in [0.29, 0.717) is 11.3 Å². The molecule has 0 aromatic carbocycles. The maximum Gasteiger partial charge on any atom is 0.0602 e. The zero-order chi connectivity index (χ0) is 15.7. The smallest absolute Gasteiger partial charge is 0.0602 e. The molecule has 0 N–H and O–H groups in total. The molecule has 22 heavy (non-hydrogen) atoms. The van der Waals surface area contributed by atoms with Gasteiger partial charge >= 0.3 is 0 Å². The standard InChI is InChI=1S/C19H33N3/c1-16(2)6-5-7-20-8-10-21(11-9-20)18-12-19(13-18)14-22(15-19)17(3)4/h16-18H,7-15H2,1-4H3. The molecule has 1 aliphatic carbocycles. The molecule has 0 aromatic heterocycles. The van der Waals surface area contributed by atoms with Crippen LogP contribution in [0.15, 0.2) is 0 Å². The van der Waals surface area contributed by atoms with Crippen LogP contribution in [0.5, 0.6) is 0 Å². The molecule has 1 saturated carbocycles. The van der Waals surface area contributed by atoms with Crippen molar-refractivity contribution in [3.63, 3.8) is 0 Å². The van der Waals surface area contributed by atoms with E-state index in [1.54, 1.807) is 0 Å². The number of hydrogen-bond donors (Lipinski definition) is 0. The highest BCUT2D eigenvalue weighted by Gasteiger charge is 2.53. The summed E-state index contributed by atoms with van der Waals surface area (Å²) in [5, 5.41) is 0. The molecule has 0 amide bonds. The lowest BCUT2D eigenvalue weighted by molar-refractivity contribution is -0.124. The first-order chi connectivity index (χ1) is 10.5. The molecule has 0 radical (unpaired) electrons. The van der Waals surface area contributed by atoms with Crippen molar-refractivity contribution in [3.8, 4) is 11.8 Å². The fourth-order valence-corrected chi connectivity index (χ4v) is 4.28. The van der Waals surface area contributed by atoms with E-state index < -0.39 is 0 Å². The molecule has 1 spiro atoms. The summed E-state index contributed by atoms with van der Waals surface area (Å²) >= 11 is 0. The number of rotatable bonds is 3. The lowest BCUT2D eigenvalue weighted by atomic mass is 9.60. The number of nitrogens with zero attached hydrogens (tertiary/aromatic N) is 3. The first-order valence-electron chi connectivity index (χ1n) is 9.16. The van der Waals surface area contributed by atoms with Gasteiger partial charge in [0.2, 0.25) is 0 Å². The van der Waals surface area contributed by atoms with Gasteiger partial charge in [-0.15, -0.1) is 0 Å². The summed E-state index contributed by atoms with van der Waals surface area (Å²) < 4.78 is 0. The zero-order valence-electron chi connectivity index (χ0n) is 14.9. The molecule has 3 nitrogen and oxygen atoms in total. The molecule has 3 heteroatoms. The van der Waals surface area contributed by atoms with Gasteiger partial charge in [0, 0.05) is 57.3 Å². The monoisotopic (exact) mass is 303 g/mol. The summed E-state index contributed by atoms with van der Waals surface area (Å²) in [5.74, 6) is 7.10. The van der Waals surface area contributed by atoms with Gasteiger partial charge in [0.05, 0.1) is 6.54 Å². The van der Waals surface area contributed by atoms with Gasteiger partial charge in [-0.1, -0.05) is 25.7 Å². The molecule has 3 fully saturated rings. The van der Waals surface area contributed by atoms with E-state index in [1.807, 2.05) is 0 Å². The van der Waals surface area contributed by atoms with Gasteiger partial charge in [-0.05, 0) is 32.1 Å². The summed E-state index contributed by atoms with van der Waals surface area (Å²) in [6.45, 7) is 17.5. The van der Waals surface area contributed by atoms with Gasteiger partial charge < -0.3 is 0 Å². The molecule has 2 saturated heterocycles. The number of piperazine rings is 1. The van der Waals surface area contributed by atoms with Gasteiger partial charge in [-0.3, -0.25) is 14.7 Å². The van der Waals surface area contributed by atoms with Crippen molar-refractivity contribution in [3.05, 3.63) is 0 Å². The Labute approximate surface area is 137 Å². The highest BCUT2D eigenvalue weighted by atomic mass is 15.3. The molecule has 0 aromatic rings. The van der Waals surface area contributed by atoms with E-state index in [9.17, 15) is 0 Å². The summed E-state index contributed by atoms with van der Waals surface area (Å²) in [6, 6.07) is 1.61. The Morgan fingerprint density at radius 2 is 1.64 bits per heavy atom. The average molecular weight is 303 g/mol. The Morgan fingerprint density at radius 3 is 2.18 bits per heavy atom. The Bertz CT molecular complexity index is 423. The SMILES string of the molecule is CC(C)C#CCN1CCN(C2CC3(C2)CN(C(C)C)C3)CC1. The first-order valence-corrected chi connectivity index (χ1v) is 9.16. The number of hydrogen-bond acceptors (Lipinski definition) is 3. The van der Waals surface area contributed by atoms with Gasteiger partial charge in [-0.2, -0.15) is 0 Å². The summed E-state index contributed by atoms with van der Waals surface area (Å²) in [6.07, 6.45) is 2.90. The van der Waals surface area contributed by atoms with Crippen LogP contribution in [0.1, 0.15) is 40.5 Å². The lowest BCUT2D eigenvalue weighted by Gasteiger charge is -2.62. The second-order valence-electron chi connectivity index (χ2n) is 8.35. The maximum atomic E-state index is 3.33. The first kappa shape index (κ1) is 16.3. The molecular weight excluding hydrogens is 270 g/mol. The predicted molar refractivity (Wildman–Crippen MR) is 92.8 cm³/mol. The maximum absolute atomic E-state index is 3.33. The topological polar surface area (TPSA) is 9.72 Å². The molecule has 3 rings (SSSR count). The minimum Gasteiger partial charge on any atom is -0.300 e. The summed E-state index contributed by atoms with van der Waals surface area (Å²) in [4.78, 5) is 7.89. The predicted octanol–water partition coefficient (Wildman–Crippen LogP) is 2.14. The van der Waals surface area contributed by atoms with Gasteiger partial charge in [0.1, 0.15) is 0 Å². The van der Waals surface area contributed by atoms with Crippen LogP contribution in [-0.4, -0.2) is 72.6 Å². The normalized spacial score (nSPS) is 26.8. The minimum atomic E-state index is 0.500. The van der Waals surface area contributed by atoms with Crippen molar-refractivity contribution in [2.75, 3.05) is 45.8 Å². The molecule has 2 heterocycles. The highest BCUT2D eigenvalue weighted by Crippen LogP contribution is 2.50. The van der Waals surface area contributed by atoms with E-state index in [2.05, 4.69) is 54.2 Å². The van der Waals surface area contributed by atoms with Crippen molar-refractivity contribution >= 4 is 0 Å². The van der Waals surface area contributed by atoms with Gasteiger partial charge in [0.15, 0.2) is 0 Å². The number of likely N-dealkylation sites (tertiary alicyclic amines) is 1. The van der Waals surface area contributed by atoms with E-state index in [-0.39, 0.29) is 0 Å². The van der Waals surface area contributed by atoms with Crippen molar-refractivity contribution in [2.24, 2.45) is 11.3 Å². The molecule has 124 valence electrons. The second-order valence-corrected chi connectivity index (χ2v) is 8.35. The van der Waals surface area contributed by atoms with E-state index >= 15 is 0 Å². The molecule has 0 bridgehead atoms. The molecule has 2 aliphatic heterocycles. The van der Waals surface area contributed by atoms with Crippen LogP contribution in [0, 0.1) is 23.2 Å².